The summed E-state index contributed by atoms with van der Waals surface area (Å²) >= 11 is 3.21. The lowest BCUT2D eigenvalue weighted by atomic mass is 10.1. The van der Waals surface area contributed by atoms with Gasteiger partial charge in [-0.05, 0) is 25.0 Å². The van der Waals surface area contributed by atoms with Crippen molar-refractivity contribution >= 4 is 21.8 Å². The molecule has 0 aromatic carbocycles. The van der Waals surface area contributed by atoms with Crippen LogP contribution in [0.3, 0.4) is 0 Å². The summed E-state index contributed by atoms with van der Waals surface area (Å²) in [6.07, 6.45) is 4.08. The van der Waals surface area contributed by atoms with Gasteiger partial charge in [0.15, 0.2) is 0 Å². The van der Waals surface area contributed by atoms with E-state index in [0.29, 0.717) is 5.33 Å². The number of likely N-dealkylation sites (tertiary alicyclic amines) is 1. The molecule has 1 aromatic heterocycles. The summed E-state index contributed by atoms with van der Waals surface area (Å²) in [5.74, 6) is 0.183. The van der Waals surface area contributed by atoms with Crippen LogP contribution < -0.4 is 0 Å². The maximum atomic E-state index is 11.6. The summed E-state index contributed by atoms with van der Waals surface area (Å²) in [5.41, 5.74) is 1.15. The predicted molar refractivity (Wildman–Crippen MR) is 58.3 cm³/mol. The normalized spacial score (nSPS) is 21.5. The number of alkyl halides is 1. The van der Waals surface area contributed by atoms with E-state index >= 15 is 0 Å². The first-order chi connectivity index (χ1) is 6.83. The Bertz CT molecular complexity index is 310. The monoisotopic (exact) mass is 256 g/mol. The number of nitrogens with one attached hydrogen (secondary N) is 1. The molecule has 14 heavy (non-hydrogen) atoms. The molecule has 1 aliphatic rings. The zero-order chi connectivity index (χ0) is 9.97. The van der Waals surface area contributed by atoms with E-state index in [1.807, 2.05) is 23.2 Å². The Balaban J connectivity index is 2.15. The van der Waals surface area contributed by atoms with Crippen molar-refractivity contribution in [3.8, 4) is 0 Å². The molecule has 0 saturated carbocycles. The largest absolute Gasteiger partial charge is 0.363 e. The minimum absolute atomic E-state index is 0.183. The molecule has 1 aromatic rings. The molecule has 0 spiro atoms. The van der Waals surface area contributed by atoms with Crippen molar-refractivity contribution in [1.29, 1.82) is 0 Å². The smallest absolute Gasteiger partial charge is 0.233 e. The van der Waals surface area contributed by atoms with Crippen LogP contribution in [0, 0.1) is 0 Å². The number of aromatic amines is 1. The summed E-state index contributed by atoms with van der Waals surface area (Å²) in [7, 11) is 0. The summed E-state index contributed by atoms with van der Waals surface area (Å²) in [6.45, 7) is 0.883. The molecule has 2 heterocycles. The highest BCUT2D eigenvalue weighted by molar-refractivity contribution is 9.09. The third-order valence-corrected chi connectivity index (χ3v) is 3.15. The number of H-pyrrole nitrogens is 1. The molecule has 1 unspecified atom stereocenters. The SMILES string of the molecule is O=C(CBr)N1CCCC1c1ccc[nH]1. The van der Waals surface area contributed by atoms with Crippen molar-refractivity contribution in [2.45, 2.75) is 18.9 Å². The molecule has 0 bridgehead atoms. The Kier molecular flexibility index (Phi) is 2.91. The van der Waals surface area contributed by atoms with Gasteiger partial charge in [0.05, 0.1) is 11.4 Å². The van der Waals surface area contributed by atoms with Crippen LogP contribution in [0.1, 0.15) is 24.6 Å². The van der Waals surface area contributed by atoms with Crippen LogP contribution in [0.2, 0.25) is 0 Å². The molecule has 0 aliphatic carbocycles. The molecule has 2 rings (SSSR count). The van der Waals surface area contributed by atoms with Gasteiger partial charge in [-0.1, -0.05) is 15.9 Å². The highest BCUT2D eigenvalue weighted by Gasteiger charge is 2.29. The topological polar surface area (TPSA) is 36.1 Å². The molecule has 1 atom stereocenters. The number of hydrogen-bond donors (Lipinski definition) is 1. The molecule has 4 heteroatoms. The van der Waals surface area contributed by atoms with Gasteiger partial charge in [-0.3, -0.25) is 4.79 Å². The zero-order valence-corrected chi connectivity index (χ0v) is 9.46. The molecular weight excluding hydrogens is 244 g/mol. The molecular formula is C10H13BrN2O. The third-order valence-electron chi connectivity index (χ3n) is 2.67. The second kappa shape index (κ2) is 4.17. The van der Waals surface area contributed by atoms with Crippen LogP contribution in [-0.2, 0) is 4.79 Å². The number of amides is 1. The predicted octanol–water partition coefficient (Wildman–Crippen LogP) is 2.07. The third kappa shape index (κ3) is 1.71. The second-order valence-corrected chi connectivity index (χ2v) is 4.06. The quantitative estimate of drug-likeness (QED) is 0.809. The highest BCUT2D eigenvalue weighted by Crippen LogP contribution is 2.30. The van der Waals surface area contributed by atoms with Crippen molar-refractivity contribution in [3.05, 3.63) is 24.0 Å². The van der Waals surface area contributed by atoms with E-state index in [-0.39, 0.29) is 11.9 Å². The van der Waals surface area contributed by atoms with Crippen molar-refractivity contribution in [2.75, 3.05) is 11.9 Å². The van der Waals surface area contributed by atoms with Gasteiger partial charge in [0.25, 0.3) is 0 Å². The Hall–Kier alpha value is -0.770. The number of nitrogens with zero attached hydrogens (tertiary/aromatic N) is 1. The van der Waals surface area contributed by atoms with Crippen LogP contribution in [0.15, 0.2) is 18.3 Å². The number of carbonyl (C=O) groups is 1. The highest BCUT2D eigenvalue weighted by atomic mass is 79.9. The Morgan fingerprint density at radius 2 is 2.57 bits per heavy atom. The number of rotatable bonds is 2. The van der Waals surface area contributed by atoms with E-state index in [1.54, 1.807) is 0 Å². The van der Waals surface area contributed by atoms with E-state index in [1.165, 1.54) is 0 Å². The number of halogens is 1. The average molecular weight is 257 g/mol. The molecule has 1 aliphatic heterocycles. The van der Waals surface area contributed by atoms with Gasteiger partial charge in [-0.25, -0.2) is 0 Å². The summed E-state index contributed by atoms with van der Waals surface area (Å²) in [6, 6.07) is 4.28. The van der Waals surface area contributed by atoms with Gasteiger partial charge < -0.3 is 9.88 Å². The van der Waals surface area contributed by atoms with Crippen molar-refractivity contribution < 1.29 is 4.79 Å². The van der Waals surface area contributed by atoms with Gasteiger partial charge in [0.1, 0.15) is 0 Å². The van der Waals surface area contributed by atoms with Crippen LogP contribution in [0.25, 0.3) is 0 Å². The first-order valence-electron chi connectivity index (χ1n) is 4.81. The Morgan fingerprint density at radius 3 is 3.21 bits per heavy atom. The van der Waals surface area contributed by atoms with Crippen LogP contribution in [-0.4, -0.2) is 27.7 Å². The minimum atomic E-state index is 0.183. The minimum Gasteiger partial charge on any atom is -0.363 e. The molecule has 1 amide bonds. The van der Waals surface area contributed by atoms with Gasteiger partial charge >= 0.3 is 0 Å². The number of aromatic nitrogens is 1. The van der Waals surface area contributed by atoms with Crippen molar-refractivity contribution in [1.82, 2.24) is 9.88 Å². The summed E-state index contributed by atoms with van der Waals surface area (Å²) in [4.78, 5) is 16.7. The fraction of sp³-hybridized carbons (Fsp3) is 0.500. The van der Waals surface area contributed by atoms with E-state index in [0.717, 1.165) is 25.1 Å². The van der Waals surface area contributed by atoms with Crippen LogP contribution in [0.5, 0.6) is 0 Å². The summed E-state index contributed by atoms with van der Waals surface area (Å²) in [5, 5.41) is 0.421. The Morgan fingerprint density at radius 1 is 1.71 bits per heavy atom. The molecule has 76 valence electrons. The molecule has 0 radical (unpaired) electrons. The number of hydrogen-bond acceptors (Lipinski definition) is 1. The molecule has 1 saturated heterocycles. The number of carbonyl (C=O) groups excluding carboxylic acids is 1. The van der Waals surface area contributed by atoms with E-state index in [2.05, 4.69) is 20.9 Å². The van der Waals surface area contributed by atoms with E-state index in [4.69, 9.17) is 0 Å². The molecule has 3 nitrogen and oxygen atoms in total. The van der Waals surface area contributed by atoms with Crippen LogP contribution >= 0.6 is 15.9 Å². The maximum Gasteiger partial charge on any atom is 0.233 e. The van der Waals surface area contributed by atoms with Crippen molar-refractivity contribution in [3.63, 3.8) is 0 Å². The fourth-order valence-corrected chi connectivity index (χ4v) is 2.34. The van der Waals surface area contributed by atoms with Gasteiger partial charge in [-0.2, -0.15) is 0 Å². The van der Waals surface area contributed by atoms with Gasteiger partial charge in [0.2, 0.25) is 5.91 Å². The molecule has 1 N–H and O–H groups in total. The fourth-order valence-electron chi connectivity index (χ4n) is 2.02. The molecule has 1 fully saturated rings. The lowest BCUT2D eigenvalue weighted by Gasteiger charge is -2.23. The first kappa shape index (κ1) is 9.77. The average Bonchev–Trinajstić information content (AvgIpc) is 2.85. The zero-order valence-electron chi connectivity index (χ0n) is 7.87. The van der Waals surface area contributed by atoms with E-state index in [9.17, 15) is 4.79 Å². The summed E-state index contributed by atoms with van der Waals surface area (Å²) < 4.78 is 0. The van der Waals surface area contributed by atoms with Gasteiger partial charge in [0, 0.05) is 18.4 Å². The van der Waals surface area contributed by atoms with E-state index < -0.39 is 0 Å². The lowest BCUT2D eigenvalue weighted by Crippen LogP contribution is -2.31. The Labute approximate surface area is 91.6 Å². The first-order valence-corrected chi connectivity index (χ1v) is 5.94. The second-order valence-electron chi connectivity index (χ2n) is 3.50. The standard InChI is InChI=1S/C10H13BrN2O/c11-7-10(14)13-6-2-4-9(13)8-3-1-5-12-8/h1,3,5,9,12H,2,4,6-7H2. The maximum absolute atomic E-state index is 11.6. The van der Waals surface area contributed by atoms with Crippen molar-refractivity contribution in [2.24, 2.45) is 0 Å². The van der Waals surface area contributed by atoms with Gasteiger partial charge in [-0.15, -0.1) is 0 Å². The van der Waals surface area contributed by atoms with Crippen LogP contribution in [0.4, 0.5) is 0 Å². The lowest BCUT2D eigenvalue weighted by molar-refractivity contribution is -0.129.